The van der Waals surface area contributed by atoms with Crippen LogP contribution in [-0.4, -0.2) is 48.4 Å². The molecule has 6 rings (SSSR count). The van der Waals surface area contributed by atoms with Gasteiger partial charge in [-0.25, -0.2) is 19.9 Å². The van der Waals surface area contributed by atoms with Crippen molar-refractivity contribution in [1.29, 1.82) is 0 Å². The zero-order valence-corrected chi connectivity index (χ0v) is 20.6. The predicted octanol–water partition coefficient (Wildman–Crippen LogP) is 2.92. The molecule has 180 valence electrons. The van der Waals surface area contributed by atoms with Crippen LogP contribution in [0.15, 0.2) is 73.8 Å². The van der Waals surface area contributed by atoms with Crippen molar-refractivity contribution in [2.45, 2.75) is 11.8 Å². The van der Waals surface area contributed by atoms with E-state index in [2.05, 4.69) is 32.1 Å². The number of hydrogen-bond acceptors (Lipinski definition) is 6. The second kappa shape index (κ2) is 8.56. The summed E-state index contributed by atoms with van der Waals surface area (Å²) in [6, 6.07) is 8.24. The van der Waals surface area contributed by atoms with Gasteiger partial charge in [0.15, 0.2) is 0 Å². The van der Waals surface area contributed by atoms with Gasteiger partial charge < -0.3 is 18.3 Å². The van der Waals surface area contributed by atoms with E-state index in [-0.39, 0.29) is 11.8 Å². The van der Waals surface area contributed by atoms with E-state index in [1.165, 1.54) is 0 Å². The first-order valence-corrected chi connectivity index (χ1v) is 11.7. The van der Waals surface area contributed by atoms with Crippen LogP contribution < -0.4 is 0 Å². The third-order valence-electron chi connectivity index (χ3n) is 6.76. The monoisotopic (exact) mass is 478 g/mol. The molecule has 36 heavy (non-hydrogen) atoms. The summed E-state index contributed by atoms with van der Waals surface area (Å²) >= 11 is 0. The summed E-state index contributed by atoms with van der Waals surface area (Å²) in [5.74, 6) is 2.80. The molecule has 0 saturated carbocycles. The summed E-state index contributed by atoms with van der Waals surface area (Å²) in [5, 5.41) is 11.7. The quantitative estimate of drug-likeness (QED) is 0.365. The molecule has 0 bridgehead atoms. The van der Waals surface area contributed by atoms with Crippen LogP contribution in [0.3, 0.4) is 0 Å². The highest BCUT2D eigenvalue weighted by Crippen LogP contribution is 2.37. The minimum atomic E-state index is -0.295. The highest BCUT2D eigenvalue weighted by atomic mass is 15.2. The van der Waals surface area contributed by atoms with Crippen LogP contribution in [0.25, 0.3) is 10.8 Å². The average molecular weight is 479 g/mol. The van der Waals surface area contributed by atoms with Gasteiger partial charge in [-0.15, -0.1) is 0 Å². The fourth-order valence-electron chi connectivity index (χ4n) is 4.91. The molecule has 0 radical (unpaired) electrons. The van der Waals surface area contributed by atoms with Gasteiger partial charge in [-0.3, -0.25) is 0 Å². The van der Waals surface area contributed by atoms with Gasteiger partial charge in [-0.2, -0.15) is 10.2 Å². The number of aromatic nitrogens is 10. The van der Waals surface area contributed by atoms with Crippen molar-refractivity contribution in [3.05, 3.63) is 109 Å². The van der Waals surface area contributed by atoms with E-state index >= 15 is 0 Å². The molecule has 1 aromatic carbocycles. The Morgan fingerprint density at radius 1 is 0.500 bits per heavy atom. The summed E-state index contributed by atoms with van der Waals surface area (Å²) in [6.07, 6.45) is 14.9. The Hall–Kier alpha value is -4.60. The minimum absolute atomic E-state index is 0.295. The molecule has 0 aliphatic heterocycles. The Labute approximate surface area is 207 Å². The lowest BCUT2D eigenvalue weighted by atomic mass is 9.93. The Balaban J connectivity index is 1.63. The first-order valence-electron chi connectivity index (χ1n) is 11.7. The highest BCUT2D eigenvalue weighted by molar-refractivity contribution is 5.88. The van der Waals surface area contributed by atoms with E-state index in [0.29, 0.717) is 0 Å². The molecule has 0 fully saturated rings. The van der Waals surface area contributed by atoms with Gasteiger partial charge in [0.25, 0.3) is 0 Å². The molecule has 5 heterocycles. The second-order valence-corrected chi connectivity index (χ2v) is 8.97. The van der Waals surface area contributed by atoms with E-state index in [0.717, 1.165) is 45.5 Å². The van der Waals surface area contributed by atoms with Crippen LogP contribution in [-0.2, 0) is 28.2 Å². The van der Waals surface area contributed by atoms with E-state index in [9.17, 15) is 0 Å². The molecule has 10 nitrogen and oxygen atoms in total. The number of imidazole rings is 4. The van der Waals surface area contributed by atoms with Crippen molar-refractivity contribution in [3.8, 4) is 0 Å². The Bertz CT molecular complexity index is 1460. The zero-order chi connectivity index (χ0) is 24.8. The Morgan fingerprint density at radius 3 is 1.06 bits per heavy atom. The Morgan fingerprint density at radius 2 is 0.806 bits per heavy atom. The smallest absolute Gasteiger partial charge is 0.125 e. The van der Waals surface area contributed by atoms with Crippen molar-refractivity contribution in [2.75, 3.05) is 0 Å². The average Bonchev–Trinajstić information content (AvgIpc) is 3.68. The van der Waals surface area contributed by atoms with Gasteiger partial charge in [0.05, 0.1) is 11.4 Å². The van der Waals surface area contributed by atoms with Crippen LogP contribution in [0.1, 0.15) is 46.5 Å². The SMILES string of the molecule is Cn1ccnc1C(c1nnc(C(c2nccn2C)c2nccn2C)c2ccccc12)c1nccn1C. The summed E-state index contributed by atoms with van der Waals surface area (Å²) in [6.45, 7) is 0. The number of rotatable bonds is 6. The summed E-state index contributed by atoms with van der Waals surface area (Å²) < 4.78 is 8.03. The molecular weight excluding hydrogens is 452 g/mol. The lowest BCUT2D eigenvalue weighted by Gasteiger charge is -2.21. The predicted molar refractivity (Wildman–Crippen MR) is 134 cm³/mol. The first kappa shape index (κ1) is 21.9. The maximum Gasteiger partial charge on any atom is 0.125 e. The molecule has 5 aromatic heterocycles. The molecule has 0 atom stereocenters. The topological polar surface area (TPSA) is 97.1 Å². The molecule has 10 heteroatoms. The van der Waals surface area contributed by atoms with Gasteiger partial charge in [-0.1, -0.05) is 24.3 Å². The fraction of sp³-hybridized carbons (Fsp3) is 0.231. The fourth-order valence-corrected chi connectivity index (χ4v) is 4.91. The van der Waals surface area contributed by atoms with E-state index < -0.39 is 0 Å². The second-order valence-electron chi connectivity index (χ2n) is 8.97. The molecule has 0 saturated heterocycles. The van der Waals surface area contributed by atoms with Gasteiger partial charge in [-0.05, 0) is 0 Å². The van der Waals surface area contributed by atoms with Crippen molar-refractivity contribution in [2.24, 2.45) is 28.2 Å². The first-order chi connectivity index (χ1) is 17.5. The lowest BCUT2D eigenvalue weighted by Crippen LogP contribution is -2.19. The number of aryl methyl sites for hydroxylation is 4. The molecule has 0 amide bonds. The maximum atomic E-state index is 4.87. The number of nitrogens with zero attached hydrogens (tertiary/aromatic N) is 10. The van der Waals surface area contributed by atoms with E-state index in [4.69, 9.17) is 10.2 Å². The largest absolute Gasteiger partial charge is 0.337 e. The standard InChI is InChI=1S/C26H26N10/c1-33-13-9-27-23(33)19(24-28-10-14-34(24)2)21-17-7-5-6-8-18(17)22(32-31-21)20(25-29-11-15-35(25)3)26-30-12-16-36(26)4/h5-16,19-20H,1-4H3. The number of hydrogen-bond donors (Lipinski definition) is 0. The van der Waals surface area contributed by atoms with Crippen LogP contribution in [0.4, 0.5) is 0 Å². The van der Waals surface area contributed by atoms with Gasteiger partial charge in [0, 0.05) is 88.5 Å². The molecule has 0 aliphatic rings. The minimum Gasteiger partial charge on any atom is -0.337 e. The number of fused-ring (bicyclic) bond motifs is 1. The van der Waals surface area contributed by atoms with Gasteiger partial charge in [0.2, 0.25) is 0 Å². The van der Waals surface area contributed by atoms with E-state index in [1.54, 1.807) is 24.8 Å². The third kappa shape index (κ3) is 3.41. The summed E-state index contributed by atoms with van der Waals surface area (Å²) in [4.78, 5) is 18.7. The Kier molecular flexibility index (Phi) is 5.21. The van der Waals surface area contributed by atoms with Crippen LogP contribution in [0.5, 0.6) is 0 Å². The summed E-state index contributed by atoms with van der Waals surface area (Å²) in [7, 11) is 7.95. The van der Waals surface area contributed by atoms with Gasteiger partial charge in [0.1, 0.15) is 35.1 Å². The maximum absolute atomic E-state index is 4.87. The lowest BCUT2D eigenvalue weighted by molar-refractivity contribution is 0.656. The number of benzene rings is 1. The molecule has 0 unspecified atom stereocenters. The molecule has 0 spiro atoms. The highest BCUT2D eigenvalue weighted by Gasteiger charge is 2.32. The third-order valence-corrected chi connectivity index (χ3v) is 6.76. The van der Waals surface area contributed by atoms with Gasteiger partial charge >= 0.3 is 0 Å². The van der Waals surface area contributed by atoms with Crippen LogP contribution in [0, 0.1) is 0 Å². The van der Waals surface area contributed by atoms with Crippen LogP contribution in [0.2, 0.25) is 0 Å². The molecule has 0 aliphatic carbocycles. The summed E-state index contributed by atoms with van der Waals surface area (Å²) in [5.41, 5.74) is 1.60. The van der Waals surface area contributed by atoms with Crippen LogP contribution >= 0.6 is 0 Å². The van der Waals surface area contributed by atoms with Crippen molar-refractivity contribution in [1.82, 2.24) is 48.4 Å². The molecule has 6 aromatic rings. The van der Waals surface area contributed by atoms with Crippen molar-refractivity contribution < 1.29 is 0 Å². The molecule has 0 N–H and O–H groups in total. The van der Waals surface area contributed by atoms with Crippen molar-refractivity contribution >= 4 is 10.8 Å². The van der Waals surface area contributed by atoms with Crippen molar-refractivity contribution in [3.63, 3.8) is 0 Å². The van der Waals surface area contributed by atoms with E-state index in [1.807, 2.05) is 83.4 Å². The zero-order valence-electron chi connectivity index (χ0n) is 20.6. The normalized spacial score (nSPS) is 11.8. The molecular formula is C26H26N10.